The molecular weight excluding hydrogens is 327 g/mol. The number of imidazole rings is 1. The number of rotatable bonds is 5. The van der Waals surface area contributed by atoms with Crippen LogP contribution in [0.15, 0.2) is 24.5 Å². The van der Waals surface area contributed by atoms with Crippen LogP contribution in [0.4, 0.5) is 0 Å². The number of benzene rings is 1. The van der Waals surface area contributed by atoms with Gasteiger partial charge in [-0.2, -0.15) is 0 Å². The predicted octanol–water partition coefficient (Wildman–Crippen LogP) is 3.49. The molecule has 1 heterocycles. The highest BCUT2D eigenvalue weighted by Crippen LogP contribution is 2.26. The second kappa shape index (κ2) is 6.94. The molecule has 0 aliphatic carbocycles. The summed E-state index contributed by atoms with van der Waals surface area (Å²) < 4.78 is 6.59. The molecule has 0 aliphatic heterocycles. The van der Waals surface area contributed by atoms with Crippen LogP contribution in [0.2, 0.25) is 10.0 Å². The van der Waals surface area contributed by atoms with E-state index in [4.69, 9.17) is 27.9 Å². The first-order valence-electron chi connectivity index (χ1n) is 6.62. The van der Waals surface area contributed by atoms with Crippen molar-refractivity contribution in [3.8, 4) is 5.69 Å². The third-order valence-corrected chi connectivity index (χ3v) is 3.65. The van der Waals surface area contributed by atoms with Crippen LogP contribution in [-0.4, -0.2) is 27.9 Å². The van der Waals surface area contributed by atoms with Crippen molar-refractivity contribution < 1.29 is 14.3 Å². The molecule has 22 heavy (non-hydrogen) atoms. The highest BCUT2D eigenvalue weighted by molar-refractivity contribution is 6.42. The molecular formula is C15H14Cl2N2O3. The average Bonchev–Trinajstić information content (AvgIpc) is 2.85. The molecule has 0 saturated carbocycles. The number of ether oxygens (including phenoxy) is 1. The maximum absolute atomic E-state index is 12.2. The van der Waals surface area contributed by atoms with Crippen LogP contribution in [0.1, 0.15) is 30.0 Å². The summed E-state index contributed by atoms with van der Waals surface area (Å²) >= 11 is 11.9. The number of ketones is 1. The van der Waals surface area contributed by atoms with E-state index in [2.05, 4.69) is 4.98 Å². The molecule has 7 heteroatoms. The van der Waals surface area contributed by atoms with E-state index in [9.17, 15) is 9.59 Å². The van der Waals surface area contributed by atoms with Crippen molar-refractivity contribution in [2.45, 2.75) is 20.3 Å². The van der Waals surface area contributed by atoms with E-state index in [1.807, 2.05) is 0 Å². The molecule has 0 N–H and O–H groups in total. The Morgan fingerprint density at radius 1 is 1.27 bits per heavy atom. The Hall–Kier alpha value is -1.85. The molecule has 0 saturated heterocycles. The minimum atomic E-state index is -0.540. The van der Waals surface area contributed by atoms with Crippen LogP contribution in [0, 0.1) is 0 Å². The Morgan fingerprint density at radius 2 is 2.00 bits per heavy atom. The quantitative estimate of drug-likeness (QED) is 0.781. The van der Waals surface area contributed by atoms with Gasteiger partial charge in [0, 0.05) is 5.69 Å². The topological polar surface area (TPSA) is 61.2 Å². The van der Waals surface area contributed by atoms with E-state index in [0.717, 1.165) is 0 Å². The van der Waals surface area contributed by atoms with Gasteiger partial charge < -0.3 is 4.74 Å². The van der Waals surface area contributed by atoms with Gasteiger partial charge in [0.1, 0.15) is 12.1 Å². The van der Waals surface area contributed by atoms with Gasteiger partial charge in [-0.1, -0.05) is 23.2 Å². The third kappa shape index (κ3) is 3.48. The molecule has 0 unspecified atom stereocenters. The zero-order valence-electron chi connectivity index (χ0n) is 12.1. The zero-order chi connectivity index (χ0) is 16.3. The molecule has 2 aromatic rings. The second-order valence-corrected chi connectivity index (χ2v) is 5.42. The van der Waals surface area contributed by atoms with E-state index in [1.54, 1.807) is 29.7 Å². The molecule has 0 aliphatic rings. The highest BCUT2D eigenvalue weighted by atomic mass is 35.5. The Kier molecular flexibility index (Phi) is 5.21. The first kappa shape index (κ1) is 16.5. The summed E-state index contributed by atoms with van der Waals surface area (Å²) in [5.74, 6) is -0.632. The van der Waals surface area contributed by atoms with Crippen LogP contribution in [0.3, 0.4) is 0 Å². The Labute approximate surface area is 137 Å². The monoisotopic (exact) mass is 340 g/mol. The van der Waals surface area contributed by atoms with E-state index >= 15 is 0 Å². The van der Waals surface area contributed by atoms with Gasteiger partial charge in [-0.15, -0.1) is 0 Å². The first-order valence-corrected chi connectivity index (χ1v) is 7.37. The third-order valence-electron chi connectivity index (χ3n) is 2.91. The van der Waals surface area contributed by atoms with Crippen molar-refractivity contribution in [3.63, 3.8) is 0 Å². The molecule has 0 radical (unpaired) electrons. The standard InChI is InChI=1S/C15H14Cl2N2O3/c1-3-22-15(21)14-13(6-9(2)20)18-8-19(14)10-4-5-11(16)12(17)7-10/h4-5,7-8H,3,6H2,1-2H3. The largest absolute Gasteiger partial charge is 0.461 e. The Morgan fingerprint density at radius 3 is 2.59 bits per heavy atom. The fourth-order valence-corrected chi connectivity index (χ4v) is 2.29. The van der Waals surface area contributed by atoms with Gasteiger partial charge in [-0.05, 0) is 32.0 Å². The van der Waals surface area contributed by atoms with Crippen molar-refractivity contribution in [2.24, 2.45) is 0 Å². The fourth-order valence-electron chi connectivity index (χ4n) is 2.00. The van der Waals surface area contributed by atoms with Crippen LogP contribution >= 0.6 is 23.2 Å². The van der Waals surface area contributed by atoms with E-state index in [-0.39, 0.29) is 24.5 Å². The normalized spacial score (nSPS) is 10.5. The van der Waals surface area contributed by atoms with Gasteiger partial charge in [-0.3, -0.25) is 9.36 Å². The van der Waals surface area contributed by atoms with Gasteiger partial charge in [0.25, 0.3) is 0 Å². The van der Waals surface area contributed by atoms with Crippen molar-refractivity contribution in [1.82, 2.24) is 9.55 Å². The minimum Gasteiger partial charge on any atom is -0.461 e. The lowest BCUT2D eigenvalue weighted by atomic mass is 10.2. The van der Waals surface area contributed by atoms with Gasteiger partial charge in [-0.25, -0.2) is 9.78 Å². The Balaban J connectivity index is 2.54. The van der Waals surface area contributed by atoms with Gasteiger partial charge >= 0.3 is 5.97 Å². The molecule has 2 rings (SSSR count). The second-order valence-electron chi connectivity index (χ2n) is 4.61. The van der Waals surface area contributed by atoms with Gasteiger partial charge in [0.15, 0.2) is 5.69 Å². The van der Waals surface area contributed by atoms with Crippen molar-refractivity contribution in [2.75, 3.05) is 6.61 Å². The first-order chi connectivity index (χ1) is 10.4. The van der Waals surface area contributed by atoms with Crippen LogP contribution in [0.25, 0.3) is 5.69 Å². The molecule has 0 amide bonds. The number of aromatic nitrogens is 2. The molecule has 1 aromatic heterocycles. The summed E-state index contributed by atoms with van der Waals surface area (Å²) in [6, 6.07) is 4.95. The lowest BCUT2D eigenvalue weighted by molar-refractivity contribution is -0.116. The minimum absolute atomic E-state index is 0.0580. The molecule has 0 atom stereocenters. The number of carbonyl (C=O) groups is 2. The van der Waals surface area contributed by atoms with E-state index in [0.29, 0.717) is 21.4 Å². The molecule has 0 spiro atoms. The zero-order valence-corrected chi connectivity index (χ0v) is 13.6. The molecule has 1 aromatic carbocycles. The smallest absolute Gasteiger partial charge is 0.357 e. The van der Waals surface area contributed by atoms with Crippen LogP contribution < -0.4 is 0 Å². The summed E-state index contributed by atoms with van der Waals surface area (Å²) in [6.45, 7) is 3.38. The fraction of sp³-hybridized carbons (Fsp3) is 0.267. The van der Waals surface area contributed by atoms with Crippen LogP contribution in [0.5, 0.6) is 0 Å². The number of Topliss-reactive ketones (excluding diaryl/α,β-unsaturated/α-hetero) is 1. The van der Waals surface area contributed by atoms with Crippen LogP contribution in [-0.2, 0) is 16.0 Å². The number of halogens is 2. The lowest BCUT2D eigenvalue weighted by Gasteiger charge is -2.10. The number of nitrogens with zero attached hydrogens (tertiary/aromatic N) is 2. The molecule has 116 valence electrons. The molecule has 0 bridgehead atoms. The molecule has 5 nitrogen and oxygen atoms in total. The van der Waals surface area contributed by atoms with E-state index in [1.165, 1.54) is 13.3 Å². The Bertz CT molecular complexity index is 726. The SMILES string of the molecule is CCOC(=O)c1c(CC(C)=O)ncn1-c1ccc(Cl)c(Cl)c1. The summed E-state index contributed by atoms with van der Waals surface area (Å²) in [5.41, 5.74) is 1.20. The van der Waals surface area contributed by atoms with Crippen molar-refractivity contribution in [1.29, 1.82) is 0 Å². The maximum atomic E-state index is 12.2. The predicted molar refractivity (Wildman–Crippen MR) is 83.9 cm³/mol. The summed E-state index contributed by atoms with van der Waals surface area (Å²) in [6.07, 6.45) is 1.52. The summed E-state index contributed by atoms with van der Waals surface area (Å²) in [7, 11) is 0. The number of hydrogen-bond donors (Lipinski definition) is 0. The summed E-state index contributed by atoms with van der Waals surface area (Å²) in [5, 5.41) is 0.767. The van der Waals surface area contributed by atoms with Crippen molar-refractivity contribution in [3.05, 3.63) is 46.0 Å². The van der Waals surface area contributed by atoms with Gasteiger partial charge in [0.05, 0.1) is 28.8 Å². The lowest BCUT2D eigenvalue weighted by Crippen LogP contribution is -2.14. The molecule has 0 fully saturated rings. The van der Waals surface area contributed by atoms with E-state index < -0.39 is 5.97 Å². The van der Waals surface area contributed by atoms with Gasteiger partial charge in [0.2, 0.25) is 0 Å². The highest BCUT2D eigenvalue weighted by Gasteiger charge is 2.22. The average molecular weight is 341 g/mol. The number of esters is 1. The number of hydrogen-bond acceptors (Lipinski definition) is 4. The van der Waals surface area contributed by atoms with Crippen molar-refractivity contribution >= 4 is 35.0 Å². The summed E-state index contributed by atoms with van der Waals surface area (Å²) in [4.78, 5) is 27.7. The maximum Gasteiger partial charge on any atom is 0.357 e. The number of carbonyl (C=O) groups excluding carboxylic acids is 2.